The van der Waals surface area contributed by atoms with Gasteiger partial charge < -0.3 is 15.4 Å². The lowest BCUT2D eigenvalue weighted by atomic mass is 9.97. The molecule has 4 heteroatoms. The van der Waals surface area contributed by atoms with Crippen molar-refractivity contribution in [1.82, 2.24) is 5.32 Å². The van der Waals surface area contributed by atoms with Crippen LogP contribution in [0.2, 0.25) is 0 Å². The maximum Gasteiger partial charge on any atom is 0.229 e. The molecule has 1 fully saturated rings. The van der Waals surface area contributed by atoms with E-state index < -0.39 is 0 Å². The van der Waals surface area contributed by atoms with Crippen LogP contribution in [0.5, 0.6) is 5.75 Å². The van der Waals surface area contributed by atoms with Crippen LogP contribution in [0.15, 0.2) is 18.2 Å². The minimum absolute atomic E-state index is 0.0624. The average molecular weight is 248 g/mol. The monoisotopic (exact) mass is 248 g/mol. The van der Waals surface area contributed by atoms with E-state index in [2.05, 4.69) is 17.6 Å². The first-order valence-electron chi connectivity index (χ1n) is 6.28. The number of hydrogen-bond acceptors (Lipinski definition) is 3. The SMILES string of the molecule is COc1ccc(NC(=O)[C@@H]2CNC[C@H]2C)cc1C. The molecule has 1 aromatic rings. The Morgan fingerprint density at radius 1 is 1.44 bits per heavy atom. The largest absolute Gasteiger partial charge is 0.496 e. The zero-order chi connectivity index (χ0) is 13.1. The highest BCUT2D eigenvalue weighted by Crippen LogP contribution is 2.23. The van der Waals surface area contributed by atoms with Gasteiger partial charge in [0.1, 0.15) is 5.75 Å². The molecule has 0 spiro atoms. The van der Waals surface area contributed by atoms with Crippen LogP contribution in [0, 0.1) is 18.8 Å². The van der Waals surface area contributed by atoms with Gasteiger partial charge in [0.25, 0.3) is 0 Å². The van der Waals surface area contributed by atoms with Crippen molar-refractivity contribution in [3.05, 3.63) is 23.8 Å². The Kier molecular flexibility index (Phi) is 3.87. The average Bonchev–Trinajstić information content (AvgIpc) is 2.76. The van der Waals surface area contributed by atoms with Crippen molar-refractivity contribution in [2.75, 3.05) is 25.5 Å². The van der Waals surface area contributed by atoms with E-state index in [1.807, 2.05) is 25.1 Å². The molecule has 0 radical (unpaired) electrons. The molecule has 0 unspecified atom stereocenters. The van der Waals surface area contributed by atoms with Crippen LogP contribution in [0.4, 0.5) is 5.69 Å². The molecule has 0 aliphatic carbocycles. The maximum atomic E-state index is 12.1. The molecule has 1 heterocycles. The van der Waals surface area contributed by atoms with Gasteiger partial charge in [-0.3, -0.25) is 4.79 Å². The van der Waals surface area contributed by atoms with Gasteiger partial charge >= 0.3 is 0 Å². The van der Waals surface area contributed by atoms with Crippen molar-refractivity contribution in [2.45, 2.75) is 13.8 Å². The summed E-state index contributed by atoms with van der Waals surface area (Å²) in [4.78, 5) is 12.1. The molecule has 0 saturated carbocycles. The van der Waals surface area contributed by atoms with E-state index in [1.165, 1.54) is 0 Å². The number of carbonyl (C=O) groups excluding carboxylic acids is 1. The van der Waals surface area contributed by atoms with E-state index in [1.54, 1.807) is 7.11 Å². The van der Waals surface area contributed by atoms with Crippen molar-refractivity contribution in [3.8, 4) is 5.75 Å². The highest BCUT2D eigenvalue weighted by Gasteiger charge is 2.29. The molecule has 2 rings (SSSR count). The normalized spacial score (nSPS) is 22.8. The van der Waals surface area contributed by atoms with Gasteiger partial charge in [0.05, 0.1) is 13.0 Å². The molecule has 2 atom stereocenters. The summed E-state index contributed by atoms with van der Waals surface area (Å²) in [5.74, 6) is 1.39. The number of rotatable bonds is 3. The van der Waals surface area contributed by atoms with E-state index in [0.717, 1.165) is 30.1 Å². The number of anilines is 1. The molecule has 1 aliphatic heterocycles. The third-order valence-corrected chi connectivity index (χ3v) is 3.52. The van der Waals surface area contributed by atoms with E-state index in [9.17, 15) is 4.79 Å². The number of nitrogens with one attached hydrogen (secondary N) is 2. The van der Waals surface area contributed by atoms with Crippen LogP contribution in [0.3, 0.4) is 0 Å². The van der Waals surface area contributed by atoms with Crippen LogP contribution in [-0.2, 0) is 4.79 Å². The number of carbonyl (C=O) groups is 1. The van der Waals surface area contributed by atoms with Gasteiger partial charge in [-0.2, -0.15) is 0 Å². The van der Waals surface area contributed by atoms with E-state index in [-0.39, 0.29) is 11.8 Å². The van der Waals surface area contributed by atoms with Gasteiger partial charge in [0.2, 0.25) is 5.91 Å². The Labute approximate surface area is 108 Å². The summed E-state index contributed by atoms with van der Waals surface area (Å²) in [6.07, 6.45) is 0. The zero-order valence-corrected chi connectivity index (χ0v) is 11.1. The molecular weight excluding hydrogens is 228 g/mol. The second kappa shape index (κ2) is 5.40. The Hall–Kier alpha value is -1.55. The number of methoxy groups -OCH3 is 1. The fourth-order valence-electron chi connectivity index (χ4n) is 2.35. The number of aryl methyl sites for hydroxylation is 1. The molecule has 2 N–H and O–H groups in total. The van der Waals surface area contributed by atoms with E-state index in [0.29, 0.717) is 5.92 Å². The smallest absolute Gasteiger partial charge is 0.229 e. The molecule has 1 saturated heterocycles. The van der Waals surface area contributed by atoms with Crippen molar-refractivity contribution in [2.24, 2.45) is 11.8 Å². The second-order valence-electron chi connectivity index (χ2n) is 4.92. The zero-order valence-electron chi connectivity index (χ0n) is 11.1. The lowest BCUT2D eigenvalue weighted by Gasteiger charge is -2.15. The summed E-state index contributed by atoms with van der Waals surface area (Å²) in [5, 5.41) is 6.21. The lowest BCUT2D eigenvalue weighted by molar-refractivity contribution is -0.120. The molecule has 1 aromatic carbocycles. The van der Waals surface area contributed by atoms with Crippen LogP contribution >= 0.6 is 0 Å². The summed E-state index contributed by atoms with van der Waals surface area (Å²) in [6.45, 7) is 5.75. The van der Waals surface area contributed by atoms with Gasteiger partial charge in [0.15, 0.2) is 0 Å². The van der Waals surface area contributed by atoms with Gasteiger partial charge in [-0.05, 0) is 43.1 Å². The third-order valence-electron chi connectivity index (χ3n) is 3.52. The Morgan fingerprint density at radius 2 is 2.22 bits per heavy atom. The van der Waals surface area contributed by atoms with Gasteiger partial charge in [-0.25, -0.2) is 0 Å². The molecular formula is C14H20N2O2. The molecule has 1 aliphatic rings. The fraction of sp³-hybridized carbons (Fsp3) is 0.500. The first-order valence-corrected chi connectivity index (χ1v) is 6.28. The van der Waals surface area contributed by atoms with Crippen molar-refractivity contribution in [3.63, 3.8) is 0 Å². The number of benzene rings is 1. The molecule has 4 nitrogen and oxygen atoms in total. The molecule has 1 amide bonds. The van der Waals surface area contributed by atoms with Gasteiger partial charge in [-0.15, -0.1) is 0 Å². The van der Waals surface area contributed by atoms with Crippen LogP contribution in [-0.4, -0.2) is 26.1 Å². The van der Waals surface area contributed by atoms with Gasteiger partial charge in [-0.1, -0.05) is 6.92 Å². The summed E-state index contributed by atoms with van der Waals surface area (Å²) < 4.78 is 5.20. The first kappa shape index (κ1) is 12.9. The molecule has 98 valence electrons. The standard InChI is InChI=1S/C14H20N2O2/c1-9-6-11(4-5-13(9)18-3)16-14(17)12-8-15-7-10(12)2/h4-6,10,12,15H,7-8H2,1-3H3,(H,16,17)/t10-,12-/m1/s1. The minimum Gasteiger partial charge on any atom is -0.496 e. The summed E-state index contributed by atoms with van der Waals surface area (Å²) in [5.41, 5.74) is 1.85. The highest BCUT2D eigenvalue weighted by atomic mass is 16.5. The quantitative estimate of drug-likeness (QED) is 0.857. The minimum atomic E-state index is 0.0624. The number of hydrogen-bond donors (Lipinski definition) is 2. The topological polar surface area (TPSA) is 50.4 Å². The molecule has 0 aromatic heterocycles. The Bertz CT molecular complexity index is 445. The summed E-state index contributed by atoms with van der Waals surface area (Å²) in [6, 6.07) is 5.68. The third kappa shape index (κ3) is 2.64. The van der Waals surface area contributed by atoms with Crippen molar-refractivity contribution >= 4 is 11.6 Å². The highest BCUT2D eigenvalue weighted by molar-refractivity contribution is 5.93. The van der Waals surface area contributed by atoms with Crippen LogP contribution in [0.1, 0.15) is 12.5 Å². The second-order valence-corrected chi connectivity index (χ2v) is 4.92. The lowest BCUT2D eigenvalue weighted by Crippen LogP contribution is -2.27. The Morgan fingerprint density at radius 3 is 2.78 bits per heavy atom. The molecule has 18 heavy (non-hydrogen) atoms. The first-order chi connectivity index (χ1) is 8.61. The van der Waals surface area contributed by atoms with Crippen LogP contribution < -0.4 is 15.4 Å². The van der Waals surface area contributed by atoms with Crippen molar-refractivity contribution in [1.29, 1.82) is 0 Å². The summed E-state index contributed by atoms with van der Waals surface area (Å²) in [7, 11) is 1.65. The van der Waals surface area contributed by atoms with Crippen molar-refractivity contribution < 1.29 is 9.53 Å². The maximum absolute atomic E-state index is 12.1. The fourth-order valence-corrected chi connectivity index (χ4v) is 2.35. The molecule has 0 bridgehead atoms. The number of amides is 1. The predicted octanol–water partition coefficient (Wildman–Crippen LogP) is 1.80. The Balaban J connectivity index is 2.05. The van der Waals surface area contributed by atoms with E-state index in [4.69, 9.17) is 4.74 Å². The predicted molar refractivity (Wildman–Crippen MR) is 71.9 cm³/mol. The van der Waals surface area contributed by atoms with Crippen LogP contribution in [0.25, 0.3) is 0 Å². The number of ether oxygens (including phenoxy) is 1. The van der Waals surface area contributed by atoms with E-state index >= 15 is 0 Å². The summed E-state index contributed by atoms with van der Waals surface area (Å²) >= 11 is 0. The van der Waals surface area contributed by atoms with Gasteiger partial charge in [0, 0.05) is 12.2 Å².